The van der Waals surface area contributed by atoms with E-state index in [2.05, 4.69) is 89.2 Å². The van der Waals surface area contributed by atoms with E-state index in [0.29, 0.717) is 71.5 Å². The minimum absolute atomic E-state index is 0.134. The number of aryl methyl sites for hydroxylation is 1. The van der Waals surface area contributed by atoms with Gasteiger partial charge in [-0.25, -0.2) is 5.43 Å². The normalized spacial score (nSPS) is 24.6. The molecule has 1 spiro atoms. The van der Waals surface area contributed by atoms with Crippen molar-refractivity contribution in [1.29, 1.82) is 0 Å². The van der Waals surface area contributed by atoms with Crippen LogP contribution in [0.4, 0.5) is 0 Å². The van der Waals surface area contributed by atoms with Crippen LogP contribution in [0.5, 0.6) is 0 Å². The van der Waals surface area contributed by atoms with E-state index in [-0.39, 0.29) is 49.5 Å². The number of fused-ring (bicyclic) bond motifs is 6. The maximum Gasteiger partial charge on any atom is 0.324 e. The first kappa shape index (κ1) is 51.8. The molecule has 4 amide bonds. The van der Waals surface area contributed by atoms with Crippen LogP contribution in [-0.4, -0.2) is 150 Å². The van der Waals surface area contributed by atoms with Gasteiger partial charge in [0.05, 0.1) is 48.8 Å². The maximum atomic E-state index is 14.9. The zero-order valence-electron chi connectivity index (χ0n) is 43.8. The molecular weight excluding hydrogens is 925 g/mol. The molecule has 4 fully saturated rings. The lowest BCUT2D eigenvalue weighted by Gasteiger charge is -2.37. The van der Waals surface area contributed by atoms with E-state index >= 15 is 0 Å². The third kappa shape index (κ3) is 10.5. The van der Waals surface area contributed by atoms with Gasteiger partial charge in [0, 0.05) is 80.9 Å². The Balaban J connectivity index is 1.03. The number of hydrogen-bond acceptors (Lipinski definition) is 11. The number of morpholine rings is 1. The number of nitrogens with one attached hydrogen (secondary N) is 2. The number of nitrogens with zero attached hydrogens (tertiary/aromatic N) is 6. The van der Waals surface area contributed by atoms with Gasteiger partial charge < -0.3 is 33.9 Å². The Bertz CT molecular complexity index is 2830. The highest BCUT2D eigenvalue weighted by Crippen LogP contribution is 2.44. The monoisotopic (exact) mass is 997 g/mol. The summed E-state index contributed by atoms with van der Waals surface area (Å²) in [6.07, 6.45) is 4.26. The molecule has 2 N–H and O–H groups in total. The standard InChI is InChI=1S/C57H72N8O8/c1-9-63-47-19-17-40-31-43(47)44(51(63)42-15-11-23-58-49(42)37(4)71-8)32-56(5,6)35-73-54(69)45-16-12-24-65(60-45)53(68)46(30-38-13-10-14-39(40)29-38)59-52(67)50(36(2)3)64-26-22-57(55(64)70)21-25-62(34-57)48(66)20-18-41-33-72-28-27-61(41)7/h10-11,13-15,17,19,23,29,31,36-37,41,45-46,50,60H,9,12,16,21-22,24-28,30,32-35H2,1-8H3,(H,59,67)/t37-,41+,45-,46-,50?,57-/m0/s1. The number of benzene rings is 2. The number of pyridine rings is 1. The summed E-state index contributed by atoms with van der Waals surface area (Å²) in [5.74, 6) is 3.81. The predicted octanol–water partition coefficient (Wildman–Crippen LogP) is 5.56. The molecule has 0 aliphatic carbocycles. The summed E-state index contributed by atoms with van der Waals surface area (Å²) in [5.41, 5.74) is 9.68. The number of methoxy groups -OCH3 is 1. The largest absolute Gasteiger partial charge is 0.464 e. The number of rotatable bonds is 8. The van der Waals surface area contributed by atoms with Gasteiger partial charge in [-0.3, -0.25) is 38.9 Å². The van der Waals surface area contributed by atoms with Crippen molar-refractivity contribution < 1.29 is 38.2 Å². The number of likely N-dealkylation sites (N-methyl/N-ethyl adjacent to an activating group) is 1. The van der Waals surface area contributed by atoms with Crippen molar-refractivity contribution in [2.45, 2.75) is 117 Å². The van der Waals surface area contributed by atoms with Crippen molar-refractivity contribution in [3.05, 3.63) is 77.6 Å². The van der Waals surface area contributed by atoms with E-state index in [4.69, 9.17) is 19.2 Å². The Morgan fingerprint density at radius 2 is 1.79 bits per heavy atom. The second-order valence-electron chi connectivity index (χ2n) is 21.9. The molecule has 0 radical (unpaired) electrons. The van der Waals surface area contributed by atoms with Crippen LogP contribution >= 0.6 is 0 Å². The highest BCUT2D eigenvalue weighted by atomic mass is 16.5. The van der Waals surface area contributed by atoms with Gasteiger partial charge in [0.1, 0.15) is 18.1 Å². The number of hydrazine groups is 1. The molecule has 4 aromatic rings. The molecule has 2 aromatic carbocycles. The molecule has 5 aliphatic heterocycles. The molecule has 5 aliphatic rings. The van der Waals surface area contributed by atoms with Crippen LogP contribution in [0.3, 0.4) is 0 Å². The molecule has 16 heteroatoms. The first-order valence-electron chi connectivity index (χ1n) is 26.2. The lowest BCUT2D eigenvalue weighted by atomic mass is 9.84. The molecule has 0 saturated carbocycles. The molecule has 4 saturated heterocycles. The second-order valence-corrected chi connectivity index (χ2v) is 21.9. The average Bonchev–Trinajstić information content (AvgIpc) is 4.06. The summed E-state index contributed by atoms with van der Waals surface area (Å²) in [6.45, 7) is 16.1. The number of amides is 4. The summed E-state index contributed by atoms with van der Waals surface area (Å²) in [7, 11) is 3.65. The van der Waals surface area contributed by atoms with E-state index in [1.165, 1.54) is 5.01 Å². The number of carbonyl (C=O) groups excluding carboxylic acids is 5. The van der Waals surface area contributed by atoms with Crippen molar-refractivity contribution in [1.82, 2.24) is 40.0 Å². The van der Waals surface area contributed by atoms with Gasteiger partial charge in [0.2, 0.25) is 11.8 Å². The summed E-state index contributed by atoms with van der Waals surface area (Å²) in [4.78, 5) is 82.0. The van der Waals surface area contributed by atoms with Crippen LogP contribution in [-0.2, 0) is 57.6 Å². The van der Waals surface area contributed by atoms with Crippen LogP contribution in [0.25, 0.3) is 33.3 Å². The Morgan fingerprint density at radius 3 is 2.56 bits per heavy atom. The van der Waals surface area contributed by atoms with E-state index in [1.807, 2.05) is 46.0 Å². The van der Waals surface area contributed by atoms with Gasteiger partial charge >= 0.3 is 5.97 Å². The lowest BCUT2D eigenvalue weighted by molar-refractivity contribution is -0.155. The van der Waals surface area contributed by atoms with Crippen LogP contribution in [0.1, 0.15) is 90.2 Å². The average molecular weight is 997 g/mol. The topological polar surface area (TPSA) is 168 Å². The first-order chi connectivity index (χ1) is 35.0. The van der Waals surface area contributed by atoms with Crippen LogP contribution in [0.15, 0.2) is 60.8 Å². The third-order valence-electron chi connectivity index (χ3n) is 15.8. The molecule has 2 aromatic heterocycles. The van der Waals surface area contributed by atoms with E-state index < -0.39 is 46.7 Å². The minimum atomic E-state index is -1.05. The number of hydrogen-bond donors (Lipinski definition) is 2. The molecule has 16 nitrogen and oxygen atoms in total. The number of aromatic nitrogens is 2. The zero-order valence-corrected chi connectivity index (χ0v) is 43.8. The van der Waals surface area contributed by atoms with Gasteiger partial charge in [0.15, 0.2) is 0 Å². The van der Waals surface area contributed by atoms with Crippen molar-refractivity contribution in [3.8, 4) is 34.2 Å². The van der Waals surface area contributed by atoms with E-state index in [0.717, 1.165) is 56.7 Å². The molecule has 73 heavy (non-hydrogen) atoms. The molecule has 388 valence electrons. The van der Waals surface area contributed by atoms with Crippen LogP contribution in [0, 0.1) is 28.6 Å². The number of likely N-dealkylation sites (tertiary alicyclic amines) is 2. The molecule has 6 bridgehead atoms. The zero-order chi connectivity index (χ0) is 51.8. The smallest absolute Gasteiger partial charge is 0.324 e. The molecular formula is C57H72N8O8. The quantitative estimate of drug-likeness (QED) is 0.168. The highest BCUT2D eigenvalue weighted by Gasteiger charge is 2.54. The summed E-state index contributed by atoms with van der Waals surface area (Å²) in [5, 5.41) is 5.66. The number of ether oxygens (including phenoxy) is 3. The fourth-order valence-corrected chi connectivity index (χ4v) is 11.6. The van der Waals surface area contributed by atoms with Crippen molar-refractivity contribution in [2.75, 3.05) is 66.7 Å². The molecule has 6 atom stereocenters. The number of cyclic esters (lactones) is 1. The van der Waals surface area contributed by atoms with Gasteiger partial charge in [-0.2, -0.15) is 0 Å². The van der Waals surface area contributed by atoms with Gasteiger partial charge in [-0.15, -0.1) is 0 Å². The second kappa shape index (κ2) is 21.4. The summed E-state index contributed by atoms with van der Waals surface area (Å²) in [6, 6.07) is 15.8. The van der Waals surface area contributed by atoms with Gasteiger partial charge in [0.25, 0.3) is 11.8 Å². The Labute approximate surface area is 429 Å². The highest BCUT2D eigenvalue weighted by molar-refractivity contribution is 5.98. The number of carbonyl (C=O) groups is 5. The van der Waals surface area contributed by atoms with Crippen LogP contribution in [0.2, 0.25) is 0 Å². The van der Waals surface area contributed by atoms with E-state index in [1.54, 1.807) is 23.1 Å². The maximum absolute atomic E-state index is 14.9. The Morgan fingerprint density at radius 1 is 1.00 bits per heavy atom. The minimum Gasteiger partial charge on any atom is -0.464 e. The van der Waals surface area contributed by atoms with Crippen LogP contribution < -0.4 is 10.7 Å². The molecule has 1 unspecified atom stereocenters. The summed E-state index contributed by atoms with van der Waals surface area (Å²) < 4.78 is 19.9. The van der Waals surface area contributed by atoms with Gasteiger partial charge in [-0.05, 0) is 111 Å². The molecule has 9 rings (SSSR count). The first-order valence-corrected chi connectivity index (χ1v) is 26.2. The Kier molecular flexibility index (Phi) is 15.2. The number of esters is 1. The fourth-order valence-electron chi connectivity index (χ4n) is 11.6. The third-order valence-corrected chi connectivity index (χ3v) is 15.8. The SMILES string of the molecule is CCn1c(-c2cccnc2[C@H](C)OC)c2c3cc(ccc31)-c1cccc(c1)C[C@H](NC(=O)C(C(C)C)N1CC[C@]3(CCN(C(=O)C#C[C@@H]4COCCN4C)C3)C1=O)C(=O)N1CCC[C@H](N1)C(=O)OCC(C)(C)C2. The fraction of sp³-hybridized carbons (Fsp3) is 0.544. The predicted molar refractivity (Wildman–Crippen MR) is 277 cm³/mol. The van der Waals surface area contributed by atoms with E-state index in [9.17, 15) is 24.0 Å². The van der Waals surface area contributed by atoms with Crippen molar-refractivity contribution in [2.24, 2.45) is 16.7 Å². The van der Waals surface area contributed by atoms with Gasteiger partial charge in [-0.1, -0.05) is 63.9 Å². The van der Waals surface area contributed by atoms with Crippen molar-refractivity contribution >= 4 is 40.5 Å². The Hall–Kier alpha value is -6.12. The van der Waals surface area contributed by atoms with Crippen molar-refractivity contribution in [3.63, 3.8) is 0 Å². The lowest BCUT2D eigenvalue weighted by Crippen LogP contribution is -2.62. The molecule has 7 heterocycles. The summed E-state index contributed by atoms with van der Waals surface area (Å²) >= 11 is 0.